The van der Waals surface area contributed by atoms with Crippen molar-refractivity contribution >= 4 is 22.8 Å². The van der Waals surface area contributed by atoms with Gasteiger partial charge in [0.15, 0.2) is 23.0 Å². The lowest BCUT2D eigenvalue weighted by Crippen LogP contribution is -2.35. The molecule has 3 aliphatic heterocycles. The molecule has 47 heavy (non-hydrogen) atoms. The van der Waals surface area contributed by atoms with Gasteiger partial charge in [-0.05, 0) is 74.7 Å². The number of hydrogen-bond acceptors (Lipinski definition) is 8. The molecule has 10 nitrogen and oxygen atoms in total. The quantitative estimate of drug-likeness (QED) is 0.205. The Labute approximate surface area is 272 Å². The fourth-order valence-electron chi connectivity index (χ4n) is 6.58. The van der Waals surface area contributed by atoms with E-state index in [2.05, 4.69) is 30.6 Å². The third-order valence-corrected chi connectivity index (χ3v) is 9.48. The lowest BCUT2D eigenvalue weighted by atomic mass is 9.88. The molecule has 244 valence electrons. The zero-order valence-corrected chi connectivity index (χ0v) is 26.2. The normalized spacial score (nSPS) is 21.8. The van der Waals surface area contributed by atoms with E-state index in [9.17, 15) is 13.2 Å². The van der Waals surface area contributed by atoms with Gasteiger partial charge in [-0.3, -0.25) is 10.00 Å². The smallest absolute Gasteiger partial charge is 0.445 e. The second kappa shape index (κ2) is 11.5. The summed E-state index contributed by atoms with van der Waals surface area (Å²) in [6, 6.07) is 15.3. The summed E-state index contributed by atoms with van der Waals surface area (Å²) in [7, 11) is 0. The third kappa shape index (κ3) is 5.70. The molecule has 3 aliphatic rings. The summed E-state index contributed by atoms with van der Waals surface area (Å²) in [5.74, 6) is 0.491. The largest absolute Gasteiger partial charge is 0.451 e. The Morgan fingerprint density at radius 1 is 1.04 bits per heavy atom. The number of rotatable bonds is 7. The Balaban J connectivity index is 0.996. The average molecular weight is 666 g/mol. The van der Waals surface area contributed by atoms with E-state index in [0.717, 1.165) is 67.4 Å². The Bertz CT molecular complexity index is 1930. The molecule has 0 bridgehead atoms. The Morgan fingerprint density at radius 2 is 1.83 bits per heavy atom. The van der Waals surface area contributed by atoms with Gasteiger partial charge in [0.25, 0.3) is 5.79 Å². The van der Waals surface area contributed by atoms with Crippen molar-refractivity contribution in [3.8, 4) is 22.9 Å². The van der Waals surface area contributed by atoms with E-state index in [0.29, 0.717) is 40.8 Å². The van der Waals surface area contributed by atoms with Crippen LogP contribution in [0.15, 0.2) is 54.7 Å². The van der Waals surface area contributed by atoms with Crippen LogP contribution in [0.25, 0.3) is 22.6 Å². The fourth-order valence-corrected chi connectivity index (χ4v) is 6.71. The number of alkyl halides is 3. The standard InChI is InChI=1S/C33H31ClF3N7O3/c1-32(21-5-7-22(34)8-6-21)46-26-4-2-3-24(28(26)47-32)19-9-12-43(13-10-19)18-27-39-25-15-20(29-40-31(42-41-29)33(35,36)37)16-38-30(25)44(27)17-23-11-14-45-23/h2-8,15-16,19,23H,9-14,17-18H2,1H3,(H,40,41,42). The first kappa shape index (κ1) is 30.2. The van der Waals surface area contributed by atoms with E-state index >= 15 is 0 Å². The minimum Gasteiger partial charge on any atom is -0.445 e. The van der Waals surface area contributed by atoms with Crippen molar-refractivity contribution in [3.63, 3.8) is 0 Å². The summed E-state index contributed by atoms with van der Waals surface area (Å²) < 4.78 is 59.9. The van der Waals surface area contributed by atoms with Crippen LogP contribution in [0.3, 0.4) is 0 Å². The van der Waals surface area contributed by atoms with Crippen LogP contribution in [0.2, 0.25) is 5.02 Å². The van der Waals surface area contributed by atoms with Crippen molar-refractivity contribution in [1.29, 1.82) is 0 Å². The van der Waals surface area contributed by atoms with Crippen molar-refractivity contribution in [2.24, 2.45) is 0 Å². The minimum absolute atomic E-state index is 0.0710. The number of nitrogens with one attached hydrogen (secondary N) is 1. The zero-order valence-electron chi connectivity index (χ0n) is 25.4. The van der Waals surface area contributed by atoms with Crippen molar-refractivity contribution in [2.45, 2.75) is 63.3 Å². The predicted octanol–water partition coefficient (Wildman–Crippen LogP) is 6.70. The van der Waals surface area contributed by atoms with Crippen LogP contribution in [0.1, 0.15) is 54.9 Å². The number of piperidine rings is 1. The van der Waals surface area contributed by atoms with Gasteiger partial charge >= 0.3 is 6.18 Å². The number of likely N-dealkylation sites (tertiary alicyclic amines) is 1. The number of hydrogen-bond donors (Lipinski definition) is 1. The molecular weight excluding hydrogens is 635 g/mol. The molecule has 2 unspecified atom stereocenters. The molecule has 6 heterocycles. The van der Waals surface area contributed by atoms with Gasteiger partial charge in [-0.25, -0.2) is 15.0 Å². The second-order valence-corrected chi connectivity index (χ2v) is 12.8. The predicted molar refractivity (Wildman–Crippen MR) is 166 cm³/mol. The molecule has 1 N–H and O–H groups in total. The second-order valence-electron chi connectivity index (χ2n) is 12.4. The summed E-state index contributed by atoms with van der Waals surface area (Å²) >= 11 is 6.11. The molecule has 8 rings (SSSR count). The molecule has 2 fully saturated rings. The third-order valence-electron chi connectivity index (χ3n) is 9.23. The summed E-state index contributed by atoms with van der Waals surface area (Å²) in [6.07, 6.45) is -0.252. The number of halogens is 4. The molecule has 5 aromatic rings. The molecule has 0 aliphatic carbocycles. The number of nitrogens with zero attached hydrogens (tertiary/aromatic N) is 6. The van der Waals surface area contributed by atoms with Crippen molar-refractivity contribution in [1.82, 2.24) is 34.6 Å². The highest BCUT2D eigenvalue weighted by atomic mass is 35.5. The number of pyridine rings is 1. The molecule has 0 radical (unpaired) electrons. The molecule has 3 aromatic heterocycles. The van der Waals surface area contributed by atoms with E-state index in [4.69, 9.17) is 30.8 Å². The van der Waals surface area contributed by atoms with E-state index in [1.54, 1.807) is 6.07 Å². The Morgan fingerprint density at radius 3 is 2.53 bits per heavy atom. The summed E-state index contributed by atoms with van der Waals surface area (Å²) in [6.45, 7) is 5.55. The van der Waals surface area contributed by atoms with Crippen LogP contribution < -0.4 is 9.47 Å². The highest BCUT2D eigenvalue weighted by Crippen LogP contribution is 2.49. The van der Waals surface area contributed by atoms with Crippen molar-refractivity contribution in [3.05, 3.63) is 82.5 Å². The molecule has 0 saturated carbocycles. The van der Waals surface area contributed by atoms with Gasteiger partial charge in [0.1, 0.15) is 11.3 Å². The SMILES string of the molecule is CC1(c2ccc(Cl)cc2)Oc2cccc(C3CCN(Cc4nc5cc(-c6n[nH]c(C(F)(F)F)n6)cnc5n4CC4CCO4)CC3)c2O1. The van der Waals surface area contributed by atoms with Gasteiger partial charge in [-0.15, -0.1) is 0 Å². The minimum atomic E-state index is -4.62. The maximum Gasteiger partial charge on any atom is 0.451 e. The molecule has 2 saturated heterocycles. The number of benzene rings is 2. The highest BCUT2D eigenvalue weighted by molar-refractivity contribution is 6.30. The first-order chi connectivity index (χ1) is 22.6. The number of aromatic nitrogens is 6. The first-order valence-electron chi connectivity index (χ1n) is 15.6. The van der Waals surface area contributed by atoms with Crippen LogP contribution in [0.5, 0.6) is 11.5 Å². The van der Waals surface area contributed by atoms with Crippen LogP contribution >= 0.6 is 11.6 Å². The number of aromatic amines is 1. The van der Waals surface area contributed by atoms with Crippen LogP contribution in [-0.4, -0.2) is 60.4 Å². The monoisotopic (exact) mass is 665 g/mol. The molecule has 0 spiro atoms. The maximum atomic E-state index is 13.1. The summed E-state index contributed by atoms with van der Waals surface area (Å²) in [4.78, 5) is 15.5. The molecule has 2 aromatic carbocycles. The number of para-hydroxylation sites is 1. The van der Waals surface area contributed by atoms with Gasteiger partial charge < -0.3 is 18.8 Å². The van der Waals surface area contributed by atoms with E-state index < -0.39 is 17.8 Å². The fraction of sp³-hybridized carbons (Fsp3) is 0.394. The molecule has 2 atom stereocenters. The van der Waals surface area contributed by atoms with Gasteiger partial charge in [0, 0.05) is 41.4 Å². The average Bonchev–Trinajstić information content (AvgIpc) is 3.75. The van der Waals surface area contributed by atoms with Gasteiger partial charge in [0.2, 0.25) is 5.82 Å². The number of imidazole rings is 1. The summed E-state index contributed by atoms with van der Waals surface area (Å²) in [5, 5.41) is 6.37. The lowest BCUT2D eigenvalue weighted by molar-refractivity contribution is -0.144. The maximum absolute atomic E-state index is 13.1. The zero-order chi connectivity index (χ0) is 32.3. The molecule has 0 amide bonds. The number of fused-ring (bicyclic) bond motifs is 2. The van der Waals surface area contributed by atoms with Crippen LogP contribution in [0, 0.1) is 0 Å². The molecular formula is C33H31ClF3N7O3. The van der Waals surface area contributed by atoms with Gasteiger partial charge in [-0.2, -0.15) is 18.3 Å². The van der Waals surface area contributed by atoms with Gasteiger partial charge in [-0.1, -0.05) is 23.7 Å². The topological polar surface area (TPSA) is 103 Å². The molecule has 14 heteroatoms. The Hall–Kier alpha value is -4.20. The van der Waals surface area contributed by atoms with Crippen LogP contribution in [-0.2, 0) is 29.8 Å². The van der Waals surface area contributed by atoms with Crippen molar-refractivity contribution in [2.75, 3.05) is 19.7 Å². The number of H-pyrrole nitrogens is 1. The first-order valence-corrected chi connectivity index (χ1v) is 16.0. The highest BCUT2D eigenvalue weighted by Gasteiger charge is 2.41. The number of ether oxygens (including phenoxy) is 3. The van der Waals surface area contributed by atoms with E-state index in [-0.39, 0.29) is 11.9 Å². The Kier molecular flexibility index (Phi) is 7.38. The van der Waals surface area contributed by atoms with Gasteiger partial charge in [0.05, 0.1) is 19.2 Å². The van der Waals surface area contributed by atoms with E-state index in [1.165, 1.54) is 6.20 Å². The van der Waals surface area contributed by atoms with E-state index in [1.807, 2.05) is 48.4 Å². The van der Waals surface area contributed by atoms with Crippen molar-refractivity contribution < 1.29 is 27.4 Å². The lowest BCUT2D eigenvalue weighted by Gasteiger charge is -2.33. The van der Waals surface area contributed by atoms with Crippen LogP contribution in [0.4, 0.5) is 13.2 Å². The summed E-state index contributed by atoms with van der Waals surface area (Å²) in [5.41, 5.74) is 3.62.